The van der Waals surface area contributed by atoms with Crippen LogP contribution in [0.15, 0.2) is 6.20 Å². The molecule has 0 saturated carbocycles. The second-order valence-corrected chi connectivity index (χ2v) is 5.34. The first-order valence-electron chi connectivity index (χ1n) is 7.40. The van der Waals surface area contributed by atoms with Crippen LogP contribution in [0, 0.1) is 0 Å². The molecule has 2 heterocycles. The van der Waals surface area contributed by atoms with Gasteiger partial charge in [-0.25, -0.2) is 9.97 Å². The molecule has 0 bridgehead atoms. The molecular weight excluding hydrogens is 306 g/mol. The fraction of sp³-hybridized carbons (Fsp3) is 0.571. The highest BCUT2D eigenvalue weighted by Crippen LogP contribution is 2.18. The summed E-state index contributed by atoms with van der Waals surface area (Å²) in [6, 6.07) is 0. The number of hydrogen-bond acceptors (Lipinski definition) is 5. The summed E-state index contributed by atoms with van der Waals surface area (Å²) in [7, 11) is 0. The van der Waals surface area contributed by atoms with Crippen LogP contribution in [0.25, 0.3) is 0 Å². The molecule has 1 N–H and O–H groups in total. The number of carbonyl (C=O) groups is 2. The van der Waals surface area contributed by atoms with Gasteiger partial charge < -0.3 is 15.1 Å². The molecule has 0 spiro atoms. The summed E-state index contributed by atoms with van der Waals surface area (Å²) in [4.78, 5) is 36.0. The van der Waals surface area contributed by atoms with Gasteiger partial charge in [-0.2, -0.15) is 0 Å². The number of hydrogen-bond donors (Lipinski definition) is 1. The van der Waals surface area contributed by atoms with Crippen LogP contribution in [0.4, 0.5) is 5.95 Å². The highest BCUT2D eigenvalue weighted by atomic mass is 35.5. The van der Waals surface area contributed by atoms with Crippen molar-refractivity contribution < 1.29 is 9.59 Å². The van der Waals surface area contributed by atoms with Crippen molar-refractivity contribution in [2.24, 2.45) is 0 Å². The van der Waals surface area contributed by atoms with Gasteiger partial charge in [-0.15, -0.1) is 0 Å². The van der Waals surface area contributed by atoms with Crippen LogP contribution in [-0.2, 0) is 4.79 Å². The van der Waals surface area contributed by atoms with E-state index in [1.165, 1.54) is 6.20 Å². The maximum Gasteiger partial charge on any atom is 0.274 e. The lowest BCUT2D eigenvalue weighted by Crippen LogP contribution is -2.35. The summed E-state index contributed by atoms with van der Waals surface area (Å²) in [5, 5.41) is 2.96. The number of nitrogens with one attached hydrogen (secondary N) is 1. The predicted octanol–water partition coefficient (Wildman–Crippen LogP) is 0.938. The molecule has 0 radical (unpaired) electrons. The molecule has 0 aliphatic carbocycles. The fourth-order valence-corrected chi connectivity index (χ4v) is 2.46. The molecule has 8 heteroatoms. The van der Waals surface area contributed by atoms with E-state index in [0.29, 0.717) is 25.6 Å². The second-order valence-electron chi connectivity index (χ2n) is 4.93. The van der Waals surface area contributed by atoms with E-state index in [2.05, 4.69) is 15.3 Å². The van der Waals surface area contributed by atoms with Gasteiger partial charge in [-0.3, -0.25) is 9.59 Å². The van der Waals surface area contributed by atoms with Gasteiger partial charge in [0.25, 0.3) is 5.91 Å². The Morgan fingerprint density at radius 2 is 2.14 bits per heavy atom. The van der Waals surface area contributed by atoms with Crippen molar-refractivity contribution in [1.82, 2.24) is 20.2 Å². The summed E-state index contributed by atoms with van der Waals surface area (Å²) in [5.74, 6) is 0.173. The zero-order valence-electron chi connectivity index (χ0n) is 12.8. The Morgan fingerprint density at radius 3 is 2.82 bits per heavy atom. The standard InChI is InChI=1S/C14H20ClN5O2/c1-3-19(4-2)14-17-9-10(15)12(18-14)13(22)20-7-5-11(21)16-6-8-20/h9H,3-8H2,1-2H3,(H,16,21). The highest BCUT2D eigenvalue weighted by Gasteiger charge is 2.24. The highest BCUT2D eigenvalue weighted by molar-refractivity contribution is 6.33. The van der Waals surface area contributed by atoms with Gasteiger partial charge >= 0.3 is 0 Å². The third kappa shape index (κ3) is 3.65. The lowest BCUT2D eigenvalue weighted by Gasteiger charge is -2.22. The van der Waals surface area contributed by atoms with E-state index in [1.807, 2.05) is 18.7 Å². The largest absolute Gasteiger partial charge is 0.354 e. The maximum absolute atomic E-state index is 12.6. The summed E-state index contributed by atoms with van der Waals surface area (Å²) in [6.45, 7) is 6.74. The first-order chi connectivity index (χ1) is 10.6. The Kier molecular flexibility index (Phi) is 5.54. The number of carbonyl (C=O) groups excluding carboxylic acids is 2. The lowest BCUT2D eigenvalue weighted by molar-refractivity contribution is -0.120. The van der Waals surface area contributed by atoms with E-state index >= 15 is 0 Å². The van der Waals surface area contributed by atoms with Gasteiger partial charge in [-0.05, 0) is 13.8 Å². The van der Waals surface area contributed by atoms with Crippen LogP contribution < -0.4 is 10.2 Å². The van der Waals surface area contributed by atoms with Crippen molar-refractivity contribution >= 4 is 29.4 Å². The maximum atomic E-state index is 12.6. The molecule has 0 atom stereocenters. The van der Waals surface area contributed by atoms with Crippen LogP contribution >= 0.6 is 11.6 Å². The Balaban J connectivity index is 2.24. The van der Waals surface area contributed by atoms with Crippen LogP contribution in [-0.4, -0.2) is 59.4 Å². The minimum atomic E-state index is -0.266. The first kappa shape index (κ1) is 16.5. The van der Waals surface area contributed by atoms with Crippen molar-refractivity contribution in [2.75, 3.05) is 37.6 Å². The van der Waals surface area contributed by atoms with E-state index in [-0.39, 0.29) is 29.0 Å². The molecule has 1 aromatic heterocycles. The molecule has 2 amide bonds. The monoisotopic (exact) mass is 325 g/mol. The first-order valence-corrected chi connectivity index (χ1v) is 7.78. The smallest absolute Gasteiger partial charge is 0.274 e. The summed E-state index contributed by atoms with van der Waals surface area (Å²) >= 11 is 6.10. The number of halogens is 1. The Morgan fingerprint density at radius 1 is 1.41 bits per heavy atom. The van der Waals surface area contributed by atoms with Gasteiger partial charge in [0, 0.05) is 39.1 Å². The molecule has 7 nitrogen and oxygen atoms in total. The minimum Gasteiger partial charge on any atom is -0.354 e. The molecule has 1 saturated heterocycles. The van der Waals surface area contributed by atoms with Crippen molar-refractivity contribution in [2.45, 2.75) is 20.3 Å². The number of anilines is 1. The van der Waals surface area contributed by atoms with E-state index in [1.54, 1.807) is 4.90 Å². The van der Waals surface area contributed by atoms with Crippen LogP contribution in [0.1, 0.15) is 30.8 Å². The molecule has 1 aromatic rings. The average molecular weight is 326 g/mol. The van der Waals surface area contributed by atoms with Crippen molar-refractivity contribution in [1.29, 1.82) is 0 Å². The number of rotatable bonds is 4. The second kappa shape index (κ2) is 7.40. The van der Waals surface area contributed by atoms with Crippen molar-refractivity contribution in [3.8, 4) is 0 Å². The van der Waals surface area contributed by atoms with Crippen LogP contribution in [0.5, 0.6) is 0 Å². The third-order valence-electron chi connectivity index (χ3n) is 3.58. The molecule has 1 fully saturated rings. The normalized spacial score (nSPS) is 15.2. The van der Waals surface area contributed by atoms with Gasteiger partial charge in [-0.1, -0.05) is 11.6 Å². The minimum absolute atomic E-state index is 0.0482. The summed E-state index contributed by atoms with van der Waals surface area (Å²) in [5.41, 5.74) is 0.188. The zero-order valence-corrected chi connectivity index (χ0v) is 13.6. The Bertz CT molecular complexity index is 562. The van der Waals surface area contributed by atoms with Crippen molar-refractivity contribution in [3.63, 3.8) is 0 Å². The number of amides is 2. The fourth-order valence-electron chi connectivity index (χ4n) is 2.29. The van der Waals surface area contributed by atoms with Crippen molar-refractivity contribution in [3.05, 3.63) is 16.9 Å². The molecule has 120 valence electrons. The molecule has 1 aliphatic heterocycles. The van der Waals surface area contributed by atoms with Gasteiger partial charge in [0.15, 0.2) is 5.69 Å². The number of aromatic nitrogens is 2. The summed E-state index contributed by atoms with van der Waals surface area (Å²) in [6.07, 6.45) is 1.74. The molecular formula is C14H20ClN5O2. The molecule has 22 heavy (non-hydrogen) atoms. The van der Waals surface area contributed by atoms with Gasteiger partial charge in [0.1, 0.15) is 0 Å². The van der Waals surface area contributed by atoms with E-state index in [0.717, 1.165) is 13.1 Å². The quantitative estimate of drug-likeness (QED) is 0.891. The Labute approximate surface area is 134 Å². The zero-order chi connectivity index (χ0) is 16.1. The lowest BCUT2D eigenvalue weighted by atomic mass is 10.3. The van der Waals surface area contributed by atoms with Crippen LogP contribution in [0.3, 0.4) is 0 Å². The molecule has 0 aromatic carbocycles. The van der Waals surface area contributed by atoms with Gasteiger partial charge in [0.05, 0.1) is 11.2 Å². The Hall–Kier alpha value is -1.89. The number of nitrogens with zero attached hydrogens (tertiary/aromatic N) is 4. The topological polar surface area (TPSA) is 78.4 Å². The predicted molar refractivity (Wildman–Crippen MR) is 84.1 cm³/mol. The third-order valence-corrected chi connectivity index (χ3v) is 3.86. The van der Waals surface area contributed by atoms with E-state index < -0.39 is 0 Å². The SMILES string of the molecule is CCN(CC)c1ncc(Cl)c(C(=O)N2CCNC(=O)CC2)n1. The molecule has 2 rings (SSSR count). The van der Waals surface area contributed by atoms with Crippen LogP contribution in [0.2, 0.25) is 5.02 Å². The van der Waals surface area contributed by atoms with E-state index in [4.69, 9.17) is 11.6 Å². The van der Waals surface area contributed by atoms with Gasteiger partial charge in [0.2, 0.25) is 11.9 Å². The molecule has 1 aliphatic rings. The summed E-state index contributed by atoms with van der Waals surface area (Å²) < 4.78 is 0. The average Bonchev–Trinajstić information content (AvgIpc) is 2.74. The van der Waals surface area contributed by atoms with E-state index in [9.17, 15) is 9.59 Å². The molecule has 0 unspecified atom stereocenters.